The quantitative estimate of drug-likeness (QED) is 0.571. The molecule has 1 amide bonds. The van der Waals surface area contributed by atoms with Crippen molar-refractivity contribution >= 4 is 28.6 Å². The number of aromatic amines is 2. The highest BCUT2D eigenvalue weighted by atomic mass is 16.4. The lowest BCUT2D eigenvalue weighted by Crippen LogP contribution is -2.15. The first-order valence-corrected chi connectivity index (χ1v) is 4.78. The van der Waals surface area contributed by atoms with Crippen molar-refractivity contribution in [1.82, 2.24) is 9.97 Å². The summed E-state index contributed by atoms with van der Waals surface area (Å²) in [6, 6.07) is 4.74. The van der Waals surface area contributed by atoms with Crippen molar-refractivity contribution in [2.45, 2.75) is 6.42 Å². The van der Waals surface area contributed by atoms with Crippen molar-refractivity contribution in [3.63, 3.8) is 0 Å². The van der Waals surface area contributed by atoms with Gasteiger partial charge in [0.2, 0.25) is 5.91 Å². The molecule has 17 heavy (non-hydrogen) atoms. The van der Waals surface area contributed by atoms with Crippen molar-refractivity contribution in [3.8, 4) is 0 Å². The number of hydrogen-bond acceptors (Lipinski definition) is 3. The Kier molecular flexibility index (Phi) is 2.65. The van der Waals surface area contributed by atoms with Crippen LogP contribution in [0.15, 0.2) is 23.0 Å². The predicted molar refractivity (Wildman–Crippen MR) is 59.8 cm³/mol. The average molecular weight is 235 g/mol. The van der Waals surface area contributed by atoms with Gasteiger partial charge in [-0.05, 0) is 18.2 Å². The lowest BCUT2D eigenvalue weighted by atomic mass is 10.2. The van der Waals surface area contributed by atoms with Gasteiger partial charge in [-0.3, -0.25) is 9.59 Å². The molecule has 7 nitrogen and oxygen atoms in total. The van der Waals surface area contributed by atoms with Gasteiger partial charge in [0.1, 0.15) is 6.42 Å². The number of aliphatic carboxylic acids is 1. The maximum atomic E-state index is 11.2. The molecule has 2 rings (SSSR count). The van der Waals surface area contributed by atoms with Crippen LogP contribution in [-0.4, -0.2) is 27.0 Å². The summed E-state index contributed by atoms with van der Waals surface area (Å²) in [7, 11) is 0. The summed E-state index contributed by atoms with van der Waals surface area (Å²) in [5.41, 5.74) is 1.25. The van der Waals surface area contributed by atoms with Gasteiger partial charge in [0.05, 0.1) is 11.0 Å². The zero-order chi connectivity index (χ0) is 12.4. The van der Waals surface area contributed by atoms with Gasteiger partial charge in [0, 0.05) is 5.69 Å². The predicted octanol–water partition coefficient (Wildman–Crippen LogP) is 0.269. The molecule has 1 heterocycles. The van der Waals surface area contributed by atoms with E-state index in [9.17, 15) is 14.4 Å². The first-order chi connectivity index (χ1) is 8.04. The van der Waals surface area contributed by atoms with E-state index in [1.807, 2.05) is 0 Å². The molecule has 2 aromatic rings. The van der Waals surface area contributed by atoms with E-state index in [0.717, 1.165) is 0 Å². The number of carboxylic acid groups (broad SMARTS) is 1. The maximum Gasteiger partial charge on any atom is 0.323 e. The normalized spacial score (nSPS) is 10.4. The molecule has 0 fully saturated rings. The average Bonchev–Trinajstić information content (AvgIpc) is 2.55. The summed E-state index contributed by atoms with van der Waals surface area (Å²) in [4.78, 5) is 37.6. The number of amides is 1. The number of carbonyl (C=O) groups excluding carboxylic acids is 1. The molecule has 7 heteroatoms. The van der Waals surface area contributed by atoms with Crippen LogP contribution in [0.1, 0.15) is 6.42 Å². The second kappa shape index (κ2) is 4.12. The van der Waals surface area contributed by atoms with Crippen LogP contribution < -0.4 is 11.0 Å². The summed E-state index contributed by atoms with van der Waals surface area (Å²) in [6.07, 6.45) is -0.596. The van der Waals surface area contributed by atoms with Crippen molar-refractivity contribution in [2.75, 3.05) is 5.32 Å². The number of anilines is 1. The van der Waals surface area contributed by atoms with Gasteiger partial charge in [-0.2, -0.15) is 0 Å². The largest absolute Gasteiger partial charge is 0.481 e. The monoisotopic (exact) mass is 235 g/mol. The molecule has 0 radical (unpaired) electrons. The Morgan fingerprint density at radius 3 is 2.65 bits per heavy atom. The highest BCUT2D eigenvalue weighted by molar-refractivity contribution is 6.02. The SMILES string of the molecule is O=C(O)CC(=O)Nc1ccc2[nH]c(=O)[nH]c2c1. The van der Waals surface area contributed by atoms with E-state index in [0.29, 0.717) is 16.7 Å². The summed E-state index contributed by atoms with van der Waals surface area (Å²) in [5.74, 6) is -1.81. The van der Waals surface area contributed by atoms with Crippen LogP contribution in [0.25, 0.3) is 11.0 Å². The number of fused-ring (bicyclic) bond motifs is 1. The number of H-pyrrole nitrogens is 2. The molecule has 0 bridgehead atoms. The molecule has 0 aliphatic heterocycles. The molecule has 0 spiro atoms. The van der Waals surface area contributed by atoms with E-state index in [-0.39, 0.29) is 5.69 Å². The molecule has 0 saturated heterocycles. The van der Waals surface area contributed by atoms with Gasteiger partial charge in [0.15, 0.2) is 0 Å². The number of nitrogens with one attached hydrogen (secondary N) is 3. The topological polar surface area (TPSA) is 115 Å². The Bertz CT molecular complexity index is 640. The Balaban J connectivity index is 2.21. The molecule has 1 aromatic carbocycles. The number of aromatic nitrogens is 2. The Labute approximate surface area is 94.5 Å². The van der Waals surface area contributed by atoms with Gasteiger partial charge in [-0.1, -0.05) is 0 Å². The highest BCUT2D eigenvalue weighted by Crippen LogP contribution is 2.14. The van der Waals surface area contributed by atoms with Crippen molar-refractivity contribution in [1.29, 1.82) is 0 Å². The van der Waals surface area contributed by atoms with E-state index in [4.69, 9.17) is 5.11 Å². The lowest BCUT2D eigenvalue weighted by Gasteiger charge is -2.02. The minimum Gasteiger partial charge on any atom is -0.481 e. The van der Waals surface area contributed by atoms with Gasteiger partial charge in [-0.15, -0.1) is 0 Å². The third-order valence-corrected chi connectivity index (χ3v) is 2.11. The molecule has 1 aromatic heterocycles. The molecule has 0 aliphatic rings. The number of carbonyl (C=O) groups is 2. The highest BCUT2D eigenvalue weighted by Gasteiger charge is 2.08. The summed E-state index contributed by atoms with van der Waals surface area (Å²) in [6.45, 7) is 0. The van der Waals surface area contributed by atoms with Gasteiger partial charge in [-0.25, -0.2) is 4.79 Å². The molecule has 0 aliphatic carbocycles. The van der Waals surface area contributed by atoms with E-state index in [1.165, 1.54) is 0 Å². The first kappa shape index (κ1) is 10.9. The van der Waals surface area contributed by atoms with Gasteiger partial charge >= 0.3 is 11.7 Å². The second-order valence-corrected chi connectivity index (χ2v) is 3.46. The van der Waals surface area contributed by atoms with Crippen LogP contribution in [0.4, 0.5) is 5.69 Å². The summed E-state index contributed by atoms with van der Waals surface area (Å²) in [5, 5.41) is 10.8. The fraction of sp³-hybridized carbons (Fsp3) is 0.100. The van der Waals surface area contributed by atoms with Crippen molar-refractivity contribution < 1.29 is 14.7 Å². The third-order valence-electron chi connectivity index (χ3n) is 2.11. The van der Waals surface area contributed by atoms with Crippen LogP contribution in [-0.2, 0) is 9.59 Å². The minimum absolute atomic E-state index is 0.339. The number of hydrogen-bond donors (Lipinski definition) is 4. The third kappa shape index (κ3) is 2.51. The fourth-order valence-electron chi connectivity index (χ4n) is 1.45. The van der Waals surface area contributed by atoms with Crippen LogP contribution in [0, 0.1) is 0 Å². The number of rotatable bonds is 3. The maximum absolute atomic E-state index is 11.2. The zero-order valence-corrected chi connectivity index (χ0v) is 8.61. The molecule has 0 atom stereocenters. The molecular formula is C10H9N3O4. The molecule has 0 saturated carbocycles. The standard InChI is InChI=1S/C10H9N3O4/c14-8(4-9(15)16)11-5-1-2-6-7(3-5)13-10(17)12-6/h1-3H,4H2,(H,11,14)(H,15,16)(H2,12,13,17). The lowest BCUT2D eigenvalue weighted by molar-refractivity contribution is -0.139. The molecule has 88 valence electrons. The van der Waals surface area contributed by atoms with Gasteiger partial charge < -0.3 is 20.4 Å². The van der Waals surface area contributed by atoms with E-state index in [2.05, 4.69) is 15.3 Å². The fourth-order valence-corrected chi connectivity index (χ4v) is 1.45. The second-order valence-electron chi connectivity index (χ2n) is 3.46. The van der Waals surface area contributed by atoms with Crippen LogP contribution in [0.2, 0.25) is 0 Å². The van der Waals surface area contributed by atoms with Crippen LogP contribution >= 0.6 is 0 Å². The number of imidazole rings is 1. The molecule has 4 N–H and O–H groups in total. The van der Waals surface area contributed by atoms with Gasteiger partial charge in [0.25, 0.3) is 0 Å². The molecule has 0 unspecified atom stereocenters. The van der Waals surface area contributed by atoms with Crippen LogP contribution in [0.5, 0.6) is 0 Å². The van der Waals surface area contributed by atoms with E-state index >= 15 is 0 Å². The number of benzene rings is 1. The summed E-state index contributed by atoms with van der Waals surface area (Å²) >= 11 is 0. The Morgan fingerprint density at radius 1 is 1.24 bits per heavy atom. The summed E-state index contributed by atoms with van der Waals surface area (Å²) < 4.78 is 0. The smallest absolute Gasteiger partial charge is 0.323 e. The number of carboxylic acids is 1. The molecular weight excluding hydrogens is 226 g/mol. The van der Waals surface area contributed by atoms with E-state index in [1.54, 1.807) is 18.2 Å². The Hall–Kier alpha value is -2.57. The van der Waals surface area contributed by atoms with Crippen molar-refractivity contribution in [3.05, 3.63) is 28.7 Å². The van der Waals surface area contributed by atoms with E-state index < -0.39 is 18.3 Å². The Morgan fingerprint density at radius 2 is 1.94 bits per heavy atom. The first-order valence-electron chi connectivity index (χ1n) is 4.78. The zero-order valence-electron chi connectivity index (χ0n) is 8.61. The minimum atomic E-state index is -1.20. The van der Waals surface area contributed by atoms with Crippen LogP contribution in [0.3, 0.4) is 0 Å². The van der Waals surface area contributed by atoms with Crippen molar-refractivity contribution in [2.24, 2.45) is 0 Å².